The number of aromatic nitrogens is 1. The van der Waals surface area contributed by atoms with Crippen molar-refractivity contribution in [2.45, 2.75) is 20.0 Å². The van der Waals surface area contributed by atoms with E-state index in [0.29, 0.717) is 13.1 Å². The van der Waals surface area contributed by atoms with Crippen molar-refractivity contribution < 1.29 is 8.91 Å². The van der Waals surface area contributed by atoms with Crippen LogP contribution in [0.15, 0.2) is 33.3 Å². The molecule has 0 radical (unpaired) electrons. The van der Waals surface area contributed by atoms with Crippen molar-refractivity contribution in [3.63, 3.8) is 0 Å². The predicted molar refractivity (Wildman–Crippen MR) is 65.9 cm³/mol. The summed E-state index contributed by atoms with van der Waals surface area (Å²) in [5, 5.41) is 6.96. The zero-order chi connectivity index (χ0) is 12.3. The van der Waals surface area contributed by atoms with Gasteiger partial charge in [-0.25, -0.2) is 4.39 Å². The maximum absolute atomic E-state index is 13.0. The number of hydrogen-bond acceptors (Lipinski definition) is 3. The van der Waals surface area contributed by atoms with Crippen LogP contribution in [-0.2, 0) is 13.1 Å². The lowest BCUT2D eigenvalue weighted by atomic mass is 10.2. The minimum absolute atomic E-state index is 0.236. The van der Waals surface area contributed by atoms with E-state index >= 15 is 0 Å². The smallest absolute Gasteiger partial charge is 0.150 e. The van der Waals surface area contributed by atoms with Crippen LogP contribution < -0.4 is 5.32 Å². The molecule has 0 atom stereocenters. The largest absolute Gasteiger partial charge is 0.360 e. The van der Waals surface area contributed by atoms with E-state index in [2.05, 4.69) is 26.4 Å². The van der Waals surface area contributed by atoms with Gasteiger partial charge in [-0.1, -0.05) is 21.1 Å². The highest BCUT2D eigenvalue weighted by molar-refractivity contribution is 9.10. The number of aryl methyl sites for hydroxylation is 1. The molecule has 5 heteroatoms. The van der Waals surface area contributed by atoms with Crippen molar-refractivity contribution in [1.29, 1.82) is 0 Å². The fourth-order valence-electron chi connectivity index (χ4n) is 1.50. The maximum atomic E-state index is 13.0. The Morgan fingerprint density at radius 3 is 2.88 bits per heavy atom. The molecule has 1 aromatic heterocycles. The highest BCUT2D eigenvalue weighted by atomic mass is 79.9. The van der Waals surface area contributed by atoms with Gasteiger partial charge in [-0.3, -0.25) is 0 Å². The summed E-state index contributed by atoms with van der Waals surface area (Å²) in [6, 6.07) is 6.49. The van der Waals surface area contributed by atoms with Crippen LogP contribution in [0.3, 0.4) is 0 Å². The summed E-state index contributed by atoms with van der Waals surface area (Å²) in [7, 11) is 0. The van der Waals surface area contributed by atoms with E-state index in [9.17, 15) is 4.39 Å². The van der Waals surface area contributed by atoms with Gasteiger partial charge in [0.2, 0.25) is 0 Å². The minimum Gasteiger partial charge on any atom is -0.360 e. The van der Waals surface area contributed by atoms with E-state index in [1.165, 1.54) is 12.1 Å². The second-order valence-corrected chi connectivity index (χ2v) is 4.63. The maximum Gasteiger partial charge on any atom is 0.150 e. The number of nitrogens with one attached hydrogen (secondary N) is 1. The molecule has 1 aromatic carbocycles. The van der Waals surface area contributed by atoms with Crippen LogP contribution >= 0.6 is 15.9 Å². The number of hydrogen-bond donors (Lipinski definition) is 1. The molecule has 0 bridgehead atoms. The topological polar surface area (TPSA) is 38.1 Å². The predicted octanol–water partition coefficient (Wildman–Crippen LogP) is 3.17. The number of rotatable bonds is 4. The SMILES string of the molecule is Cc1cc(CNCc2cc(F)ccc2Br)on1. The molecular weight excluding hydrogens is 287 g/mol. The van der Waals surface area contributed by atoms with Gasteiger partial charge in [0.1, 0.15) is 5.82 Å². The average molecular weight is 299 g/mol. The first-order chi connectivity index (χ1) is 8.15. The van der Waals surface area contributed by atoms with Crippen LogP contribution in [-0.4, -0.2) is 5.16 Å². The Morgan fingerprint density at radius 1 is 1.35 bits per heavy atom. The molecule has 0 fully saturated rings. The van der Waals surface area contributed by atoms with Gasteiger partial charge in [-0.2, -0.15) is 0 Å². The highest BCUT2D eigenvalue weighted by Crippen LogP contribution is 2.17. The van der Waals surface area contributed by atoms with E-state index in [0.717, 1.165) is 21.5 Å². The van der Waals surface area contributed by atoms with Crippen molar-refractivity contribution in [2.24, 2.45) is 0 Å². The molecule has 0 spiro atoms. The lowest BCUT2D eigenvalue weighted by Crippen LogP contribution is -2.12. The molecular formula is C12H12BrFN2O. The Morgan fingerprint density at radius 2 is 2.18 bits per heavy atom. The number of benzene rings is 1. The lowest BCUT2D eigenvalue weighted by Gasteiger charge is -2.05. The molecule has 0 amide bonds. The van der Waals surface area contributed by atoms with Gasteiger partial charge < -0.3 is 9.84 Å². The Hall–Kier alpha value is -1.20. The van der Waals surface area contributed by atoms with Gasteiger partial charge in [0.15, 0.2) is 5.76 Å². The van der Waals surface area contributed by atoms with E-state index in [4.69, 9.17) is 4.52 Å². The fraction of sp³-hybridized carbons (Fsp3) is 0.250. The van der Waals surface area contributed by atoms with Crippen LogP contribution in [0.1, 0.15) is 17.0 Å². The van der Waals surface area contributed by atoms with Gasteiger partial charge in [0.25, 0.3) is 0 Å². The second kappa shape index (κ2) is 5.42. The van der Waals surface area contributed by atoms with Crippen LogP contribution in [0.4, 0.5) is 4.39 Å². The minimum atomic E-state index is -0.236. The summed E-state index contributed by atoms with van der Waals surface area (Å²) in [6.07, 6.45) is 0. The van der Waals surface area contributed by atoms with Crippen molar-refractivity contribution in [3.8, 4) is 0 Å². The molecule has 0 saturated carbocycles. The van der Waals surface area contributed by atoms with Gasteiger partial charge in [0.05, 0.1) is 12.2 Å². The molecule has 1 heterocycles. The fourth-order valence-corrected chi connectivity index (χ4v) is 1.89. The summed E-state index contributed by atoms with van der Waals surface area (Å²) in [5.41, 5.74) is 1.73. The van der Waals surface area contributed by atoms with E-state index in [1.54, 1.807) is 6.07 Å². The summed E-state index contributed by atoms with van der Waals surface area (Å²) in [6.45, 7) is 3.01. The van der Waals surface area contributed by atoms with Crippen LogP contribution in [0.25, 0.3) is 0 Å². The van der Waals surface area contributed by atoms with E-state index in [1.807, 2.05) is 13.0 Å². The van der Waals surface area contributed by atoms with Crippen LogP contribution in [0, 0.1) is 12.7 Å². The summed E-state index contributed by atoms with van der Waals surface area (Å²) in [4.78, 5) is 0. The third-order valence-corrected chi connectivity index (χ3v) is 3.07. The molecule has 90 valence electrons. The number of halogens is 2. The van der Waals surface area contributed by atoms with Gasteiger partial charge >= 0.3 is 0 Å². The molecule has 0 unspecified atom stereocenters. The average Bonchev–Trinajstić information content (AvgIpc) is 2.69. The standard InChI is InChI=1S/C12H12BrFN2O/c1-8-4-11(17-16-8)7-15-6-9-5-10(14)2-3-12(9)13/h2-5,15H,6-7H2,1H3. The molecule has 0 saturated heterocycles. The molecule has 0 aliphatic heterocycles. The zero-order valence-electron chi connectivity index (χ0n) is 9.34. The normalized spacial score (nSPS) is 10.8. The molecule has 0 aliphatic rings. The summed E-state index contributed by atoms with van der Waals surface area (Å²) >= 11 is 3.38. The first-order valence-corrected chi connectivity index (χ1v) is 6.01. The third-order valence-electron chi connectivity index (χ3n) is 2.30. The second-order valence-electron chi connectivity index (χ2n) is 3.77. The quantitative estimate of drug-likeness (QED) is 0.942. The van der Waals surface area contributed by atoms with Crippen molar-refractivity contribution in [1.82, 2.24) is 10.5 Å². The number of nitrogens with zero attached hydrogens (tertiary/aromatic N) is 1. The van der Waals surface area contributed by atoms with E-state index in [-0.39, 0.29) is 5.82 Å². The molecule has 0 aliphatic carbocycles. The van der Waals surface area contributed by atoms with Gasteiger partial charge in [-0.15, -0.1) is 0 Å². The summed E-state index contributed by atoms with van der Waals surface area (Å²) < 4.78 is 19.0. The highest BCUT2D eigenvalue weighted by Gasteiger charge is 2.03. The Balaban J connectivity index is 1.91. The van der Waals surface area contributed by atoms with Crippen molar-refractivity contribution >= 4 is 15.9 Å². The van der Waals surface area contributed by atoms with Gasteiger partial charge in [0, 0.05) is 17.1 Å². The summed E-state index contributed by atoms with van der Waals surface area (Å²) in [5.74, 6) is 0.538. The van der Waals surface area contributed by atoms with Crippen molar-refractivity contribution in [2.75, 3.05) is 0 Å². The molecule has 17 heavy (non-hydrogen) atoms. The van der Waals surface area contributed by atoms with Crippen LogP contribution in [0.2, 0.25) is 0 Å². The Labute approximate surface area is 107 Å². The Bertz CT molecular complexity index is 513. The first kappa shape index (κ1) is 12.3. The molecule has 2 rings (SSSR count). The molecule has 2 aromatic rings. The van der Waals surface area contributed by atoms with Crippen molar-refractivity contribution in [3.05, 3.63) is 51.6 Å². The Kier molecular flexibility index (Phi) is 3.91. The van der Waals surface area contributed by atoms with E-state index < -0.39 is 0 Å². The first-order valence-electron chi connectivity index (χ1n) is 5.22. The zero-order valence-corrected chi connectivity index (χ0v) is 10.9. The monoisotopic (exact) mass is 298 g/mol. The lowest BCUT2D eigenvalue weighted by molar-refractivity contribution is 0.369. The van der Waals surface area contributed by atoms with Crippen LogP contribution in [0.5, 0.6) is 0 Å². The molecule has 1 N–H and O–H groups in total. The molecule has 3 nitrogen and oxygen atoms in total. The van der Waals surface area contributed by atoms with Gasteiger partial charge in [-0.05, 0) is 30.7 Å². The third kappa shape index (κ3) is 3.38.